The van der Waals surface area contributed by atoms with Gasteiger partial charge in [0.15, 0.2) is 0 Å². The largest absolute Gasteiger partial charge is 0.490 e. The summed E-state index contributed by atoms with van der Waals surface area (Å²) >= 11 is 6.05. The number of carbonyl (C=O) groups is 2. The van der Waals surface area contributed by atoms with Crippen molar-refractivity contribution in [2.75, 3.05) is 11.9 Å². The molecule has 0 spiro atoms. The van der Waals surface area contributed by atoms with E-state index in [9.17, 15) is 9.59 Å². The van der Waals surface area contributed by atoms with E-state index in [1.165, 1.54) is 0 Å². The minimum Gasteiger partial charge on any atom is -0.490 e. The summed E-state index contributed by atoms with van der Waals surface area (Å²) in [7, 11) is 0. The second-order valence-corrected chi connectivity index (χ2v) is 8.45. The molecule has 1 unspecified atom stereocenters. The topological polar surface area (TPSA) is 64.6 Å². The van der Waals surface area contributed by atoms with Crippen LogP contribution >= 0.6 is 11.6 Å². The first-order chi connectivity index (χ1) is 14.9. The molecular formula is C25H30ClNO4. The first-order valence-electron chi connectivity index (χ1n) is 10.9. The van der Waals surface area contributed by atoms with Crippen LogP contribution in [-0.2, 0) is 14.9 Å². The number of rotatable bonds is 8. The number of hydrogen-bond donors (Lipinski definition) is 1. The Kier molecular flexibility index (Phi) is 7.60. The van der Waals surface area contributed by atoms with Gasteiger partial charge in [0.2, 0.25) is 5.91 Å². The molecule has 5 nitrogen and oxygen atoms in total. The molecule has 0 aliphatic heterocycles. The quantitative estimate of drug-likeness (QED) is 0.497. The molecule has 1 amide bonds. The van der Waals surface area contributed by atoms with E-state index in [-0.39, 0.29) is 18.6 Å². The molecule has 0 radical (unpaired) electrons. The van der Waals surface area contributed by atoms with E-state index in [0.717, 1.165) is 37.7 Å². The Morgan fingerprint density at radius 3 is 2.39 bits per heavy atom. The Hall–Kier alpha value is -2.53. The molecule has 0 heterocycles. The lowest BCUT2D eigenvalue weighted by Crippen LogP contribution is -2.38. The van der Waals surface area contributed by atoms with Gasteiger partial charge in [-0.05, 0) is 69.0 Å². The Morgan fingerprint density at radius 2 is 1.77 bits per heavy atom. The number of nitrogens with one attached hydrogen (secondary N) is 1. The number of carbonyl (C=O) groups excluding carboxylic acids is 2. The Bertz CT molecular complexity index is 920. The van der Waals surface area contributed by atoms with E-state index in [1.807, 2.05) is 38.1 Å². The summed E-state index contributed by atoms with van der Waals surface area (Å²) in [6.45, 7) is 5.98. The molecule has 0 bridgehead atoms. The molecule has 1 atom stereocenters. The van der Waals surface area contributed by atoms with Gasteiger partial charge in [-0.25, -0.2) is 4.79 Å². The average molecular weight is 444 g/mol. The van der Waals surface area contributed by atoms with Crippen molar-refractivity contribution < 1.29 is 19.1 Å². The van der Waals surface area contributed by atoms with Crippen LogP contribution in [0.5, 0.6) is 5.75 Å². The average Bonchev–Trinajstić information content (AvgIpc) is 3.26. The third kappa shape index (κ3) is 5.21. The van der Waals surface area contributed by atoms with Crippen LogP contribution in [0.4, 0.5) is 5.69 Å². The van der Waals surface area contributed by atoms with E-state index >= 15 is 0 Å². The van der Waals surface area contributed by atoms with Crippen LogP contribution in [0.25, 0.3) is 0 Å². The highest BCUT2D eigenvalue weighted by Gasteiger charge is 2.42. The number of halogens is 1. The molecule has 0 aromatic heterocycles. The fourth-order valence-corrected chi connectivity index (χ4v) is 4.15. The summed E-state index contributed by atoms with van der Waals surface area (Å²) in [5.41, 5.74) is 1.23. The molecule has 0 saturated heterocycles. The van der Waals surface area contributed by atoms with E-state index in [2.05, 4.69) is 5.32 Å². The molecule has 1 aliphatic carbocycles. The maximum absolute atomic E-state index is 13.4. The number of esters is 1. The summed E-state index contributed by atoms with van der Waals surface area (Å²) in [6, 6.07) is 12.6. The Morgan fingerprint density at radius 1 is 1.10 bits per heavy atom. The van der Waals surface area contributed by atoms with Gasteiger partial charge in [-0.1, -0.05) is 43.5 Å². The van der Waals surface area contributed by atoms with Gasteiger partial charge in [-0.3, -0.25) is 4.79 Å². The van der Waals surface area contributed by atoms with Crippen LogP contribution in [0.3, 0.4) is 0 Å². The van der Waals surface area contributed by atoms with Gasteiger partial charge >= 0.3 is 5.97 Å². The Labute approximate surface area is 189 Å². The lowest BCUT2D eigenvalue weighted by atomic mass is 9.78. The van der Waals surface area contributed by atoms with E-state index < -0.39 is 11.4 Å². The first kappa shape index (κ1) is 23.1. The van der Waals surface area contributed by atoms with Crippen LogP contribution in [0.2, 0.25) is 5.02 Å². The third-order valence-electron chi connectivity index (χ3n) is 5.92. The van der Waals surface area contributed by atoms with Gasteiger partial charge < -0.3 is 14.8 Å². The lowest BCUT2D eigenvalue weighted by Gasteiger charge is -2.28. The normalized spacial score (nSPS) is 15.9. The zero-order valence-electron chi connectivity index (χ0n) is 18.4. The standard InChI is InChI=1S/C25H30ClNO4/c1-4-17(3)31-22-13-12-20(16-21(22)23(28)30-5-2)27-24(29)25(14-6-7-15-25)18-8-10-19(26)11-9-18/h8-13,16-17H,4-7,14-15H2,1-3H3,(H,27,29). The van der Waals surface area contributed by atoms with Crippen LogP contribution < -0.4 is 10.1 Å². The van der Waals surface area contributed by atoms with Crippen molar-refractivity contribution in [3.8, 4) is 5.75 Å². The summed E-state index contributed by atoms with van der Waals surface area (Å²) in [4.78, 5) is 26.0. The molecule has 1 saturated carbocycles. The summed E-state index contributed by atoms with van der Waals surface area (Å²) in [5, 5.41) is 3.68. The van der Waals surface area contributed by atoms with Gasteiger partial charge in [0.05, 0.1) is 18.1 Å². The molecular weight excluding hydrogens is 414 g/mol. The van der Waals surface area contributed by atoms with Crippen molar-refractivity contribution in [3.05, 3.63) is 58.6 Å². The van der Waals surface area contributed by atoms with Crippen LogP contribution in [0, 0.1) is 0 Å². The minimum atomic E-state index is -0.597. The molecule has 1 fully saturated rings. The fourth-order valence-electron chi connectivity index (χ4n) is 4.02. The van der Waals surface area contributed by atoms with Gasteiger partial charge in [0.25, 0.3) is 0 Å². The van der Waals surface area contributed by atoms with E-state index in [4.69, 9.17) is 21.1 Å². The van der Waals surface area contributed by atoms with Gasteiger partial charge in [-0.2, -0.15) is 0 Å². The highest BCUT2D eigenvalue weighted by molar-refractivity contribution is 6.30. The molecule has 1 N–H and O–H groups in total. The highest BCUT2D eigenvalue weighted by Crippen LogP contribution is 2.42. The maximum Gasteiger partial charge on any atom is 0.341 e. The van der Waals surface area contributed by atoms with Crippen LogP contribution in [0.15, 0.2) is 42.5 Å². The number of benzene rings is 2. The second kappa shape index (κ2) is 10.2. The third-order valence-corrected chi connectivity index (χ3v) is 6.18. The molecule has 2 aromatic rings. The van der Waals surface area contributed by atoms with Gasteiger partial charge in [0.1, 0.15) is 11.3 Å². The lowest BCUT2D eigenvalue weighted by molar-refractivity contribution is -0.121. The molecule has 2 aromatic carbocycles. The minimum absolute atomic E-state index is 0.0414. The summed E-state index contributed by atoms with van der Waals surface area (Å²) < 4.78 is 11.1. The first-order valence-corrected chi connectivity index (χ1v) is 11.3. The molecule has 6 heteroatoms. The molecule has 166 valence electrons. The van der Waals surface area contributed by atoms with Crippen molar-refractivity contribution in [3.63, 3.8) is 0 Å². The zero-order chi connectivity index (χ0) is 22.4. The number of anilines is 1. The second-order valence-electron chi connectivity index (χ2n) is 8.02. The van der Waals surface area contributed by atoms with Crippen molar-refractivity contribution >= 4 is 29.2 Å². The van der Waals surface area contributed by atoms with Crippen molar-refractivity contribution in [2.24, 2.45) is 0 Å². The molecule has 31 heavy (non-hydrogen) atoms. The van der Waals surface area contributed by atoms with Gasteiger partial charge in [0, 0.05) is 10.7 Å². The van der Waals surface area contributed by atoms with E-state index in [0.29, 0.717) is 22.0 Å². The van der Waals surface area contributed by atoms with Gasteiger partial charge in [-0.15, -0.1) is 0 Å². The molecule has 1 aliphatic rings. The van der Waals surface area contributed by atoms with Crippen molar-refractivity contribution in [1.29, 1.82) is 0 Å². The zero-order valence-corrected chi connectivity index (χ0v) is 19.1. The summed E-state index contributed by atoms with van der Waals surface area (Å²) in [6.07, 6.45) is 4.31. The maximum atomic E-state index is 13.4. The monoisotopic (exact) mass is 443 g/mol. The fraction of sp³-hybridized carbons (Fsp3) is 0.440. The van der Waals surface area contributed by atoms with Crippen molar-refractivity contribution in [1.82, 2.24) is 0 Å². The SMILES string of the molecule is CCOC(=O)c1cc(NC(=O)C2(c3ccc(Cl)cc3)CCCC2)ccc1OC(C)CC. The number of hydrogen-bond acceptors (Lipinski definition) is 4. The highest BCUT2D eigenvalue weighted by atomic mass is 35.5. The predicted molar refractivity (Wildman–Crippen MR) is 123 cm³/mol. The van der Waals surface area contributed by atoms with E-state index in [1.54, 1.807) is 25.1 Å². The summed E-state index contributed by atoms with van der Waals surface area (Å²) in [5.74, 6) is -0.0815. The van der Waals surface area contributed by atoms with Crippen LogP contribution in [-0.4, -0.2) is 24.6 Å². The number of amides is 1. The van der Waals surface area contributed by atoms with Crippen LogP contribution in [0.1, 0.15) is 68.8 Å². The Balaban J connectivity index is 1.89. The van der Waals surface area contributed by atoms with Crippen molar-refractivity contribution in [2.45, 2.75) is 64.4 Å². The predicted octanol–water partition coefficient (Wildman–Crippen LogP) is 6.14. The number of ether oxygens (including phenoxy) is 2. The molecule has 3 rings (SSSR count). The smallest absolute Gasteiger partial charge is 0.341 e.